The number of piperazine rings is 1. The molecule has 7 heteroatoms. The van der Waals surface area contributed by atoms with E-state index in [2.05, 4.69) is 71.1 Å². The molecule has 0 saturated carbocycles. The van der Waals surface area contributed by atoms with E-state index in [1.54, 1.807) is 10.7 Å². The van der Waals surface area contributed by atoms with Crippen molar-refractivity contribution in [3.05, 3.63) is 52.8 Å². The lowest BCUT2D eigenvalue weighted by Crippen LogP contribution is -2.46. The third-order valence-corrected chi connectivity index (χ3v) is 4.46. The van der Waals surface area contributed by atoms with E-state index in [0.29, 0.717) is 5.78 Å². The fraction of sp³-hybridized carbons (Fsp3) is 0.312. The lowest BCUT2D eigenvalue weighted by molar-refractivity contribution is 0.249. The quantitative estimate of drug-likeness (QED) is 0.705. The Labute approximate surface area is 142 Å². The summed E-state index contributed by atoms with van der Waals surface area (Å²) in [6.07, 6.45) is 3.62. The number of hydrogen-bond donors (Lipinski definition) is 0. The van der Waals surface area contributed by atoms with E-state index in [4.69, 9.17) is 0 Å². The summed E-state index contributed by atoms with van der Waals surface area (Å²) in [6.45, 7) is 4.90. The van der Waals surface area contributed by atoms with Gasteiger partial charge >= 0.3 is 0 Å². The predicted molar refractivity (Wildman–Crippen MR) is 92.4 cm³/mol. The smallest absolute Gasteiger partial charge is 0.254 e. The number of benzene rings is 1. The minimum absolute atomic E-state index is 0.634. The molecule has 0 amide bonds. The van der Waals surface area contributed by atoms with Crippen LogP contribution in [0.25, 0.3) is 5.78 Å². The van der Waals surface area contributed by atoms with Crippen molar-refractivity contribution >= 4 is 27.7 Å². The maximum atomic E-state index is 4.53. The topological polar surface area (TPSA) is 49.6 Å². The SMILES string of the molecule is Brc1cnc2nc(N3CCN(Cc4ccccc4)CC3)nn2c1. The van der Waals surface area contributed by atoms with Crippen molar-refractivity contribution in [1.29, 1.82) is 0 Å². The van der Waals surface area contributed by atoms with Gasteiger partial charge in [-0.15, -0.1) is 5.10 Å². The third kappa shape index (κ3) is 3.20. The number of rotatable bonds is 3. The summed E-state index contributed by atoms with van der Waals surface area (Å²) in [6, 6.07) is 10.6. The highest BCUT2D eigenvalue weighted by molar-refractivity contribution is 9.10. The summed E-state index contributed by atoms with van der Waals surface area (Å²) in [7, 11) is 0. The van der Waals surface area contributed by atoms with Gasteiger partial charge in [-0.2, -0.15) is 4.98 Å². The summed E-state index contributed by atoms with van der Waals surface area (Å²) in [5.41, 5.74) is 1.36. The fourth-order valence-electron chi connectivity index (χ4n) is 2.83. The average Bonchev–Trinajstić information content (AvgIpc) is 2.99. The van der Waals surface area contributed by atoms with E-state index in [-0.39, 0.29) is 0 Å². The van der Waals surface area contributed by atoms with Crippen LogP contribution in [0, 0.1) is 0 Å². The number of fused-ring (bicyclic) bond motifs is 1. The van der Waals surface area contributed by atoms with Crippen LogP contribution in [-0.4, -0.2) is 50.7 Å². The van der Waals surface area contributed by atoms with Crippen LogP contribution in [0.5, 0.6) is 0 Å². The van der Waals surface area contributed by atoms with Gasteiger partial charge in [0.1, 0.15) is 0 Å². The zero-order chi connectivity index (χ0) is 15.6. The Kier molecular flexibility index (Phi) is 3.97. The van der Waals surface area contributed by atoms with Gasteiger partial charge in [0.2, 0.25) is 5.95 Å². The molecule has 3 heterocycles. The summed E-state index contributed by atoms with van der Waals surface area (Å²) < 4.78 is 2.62. The number of hydrogen-bond acceptors (Lipinski definition) is 5. The Morgan fingerprint density at radius 2 is 1.83 bits per heavy atom. The van der Waals surface area contributed by atoms with E-state index in [9.17, 15) is 0 Å². The van der Waals surface area contributed by atoms with E-state index < -0.39 is 0 Å². The van der Waals surface area contributed by atoms with Gasteiger partial charge in [-0.1, -0.05) is 30.3 Å². The second-order valence-electron chi connectivity index (χ2n) is 5.68. The van der Waals surface area contributed by atoms with Crippen LogP contribution in [0.3, 0.4) is 0 Å². The largest absolute Gasteiger partial charge is 0.337 e. The Morgan fingerprint density at radius 1 is 1.04 bits per heavy atom. The first-order chi connectivity index (χ1) is 11.3. The average molecular weight is 373 g/mol. The van der Waals surface area contributed by atoms with Gasteiger partial charge in [0.25, 0.3) is 5.78 Å². The van der Waals surface area contributed by atoms with E-state index in [1.807, 2.05) is 6.20 Å². The van der Waals surface area contributed by atoms with Gasteiger partial charge in [0.05, 0.1) is 4.47 Å². The summed E-state index contributed by atoms with van der Waals surface area (Å²) in [5, 5.41) is 4.53. The minimum Gasteiger partial charge on any atom is -0.337 e. The lowest BCUT2D eigenvalue weighted by Gasteiger charge is -2.34. The standard InChI is InChI=1S/C16H17BrN6/c17-14-10-18-15-19-16(20-23(15)12-14)22-8-6-21(7-9-22)11-13-4-2-1-3-5-13/h1-5,10,12H,6-9,11H2. The van der Waals surface area contributed by atoms with Crippen molar-refractivity contribution in [3.63, 3.8) is 0 Å². The van der Waals surface area contributed by atoms with Crippen LogP contribution >= 0.6 is 15.9 Å². The molecule has 0 unspecified atom stereocenters. The molecule has 0 N–H and O–H groups in total. The number of halogens is 1. The van der Waals surface area contributed by atoms with Gasteiger partial charge in [-0.3, -0.25) is 4.90 Å². The maximum Gasteiger partial charge on any atom is 0.254 e. The molecular weight excluding hydrogens is 356 g/mol. The molecule has 1 fully saturated rings. The molecule has 1 aliphatic heterocycles. The summed E-state index contributed by atoms with van der Waals surface area (Å²) in [5.74, 6) is 1.39. The molecule has 118 valence electrons. The Balaban J connectivity index is 1.42. The first-order valence-electron chi connectivity index (χ1n) is 7.67. The lowest BCUT2D eigenvalue weighted by atomic mass is 10.2. The van der Waals surface area contributed by atoms with Crippen molar-refractivity contribution in [2.75, 3.05) is 31.1 Å². The Morgan fingerprint density at radius 3 is 2.61 bits per heavy atom. The molecule has 0 aliphatic carbocycles. The number of aromatic nitrogens is 4. The van der Waals surface area contributed by atoms with Crippen LogP contribution in [0.4, 0.5) is 5.95 Å². The van der Waals surface area contributed by atoms with Crippen LogP contribution in [0.1, 0.15) is 5.56 Å². The van der Waals surface area contributed by atoms with Crippen LogP contribution in [0.15, 0.2) is 47.2 Å². The minimum atomic E-state index is 0.634. The van der Waals surface area contributed by atoms with Crippen LogP contribution in [-0.2, 0) is 6.54 Å². The van der Waals surface area contributed by atoms with E-state index in [1.165, 1.54) is 5.56 Å². The molecular formula is C16H17BrN6. The molecule has 1 aliphatic rings. The summed E-state index contributed by atoms with van der Waals surface area (Å²) >= 11 is 3.41. The Hall–Kier alpha value is -1.99. The van der Waals surface area contributed by atoms with Crippen molar-refractivity contribution in [2.45, 2.75) is 6.54 Å². The molecule has 23 heavy (non-hydrogen) atoms. The van der Waals surface area contributed by atoms with Gasteiger partial charge in [-0.05, 0) is 21.5 Å². The predicted octanol–water partition coefficient (Wildman–Crippen LogP) is 2.21. The van der Waals surface area contributed by atoms with E-state index in [0.717, 1.165) is 43.1 Å². The van der Waals surface area contributed by atoms with Crippen molar-refractivity contribution in [3.8, 4) is 0 Å². The highest BCUT2D eigenvalue weighted by Crippen LogP contribution is 2.15. The molecule has 1 aromatic carbocycles. The second kappa shape index (κ2) is 6.25. The normalized spacial score (nSPS) is 16.1. The zero-order valence-electron chi connectivity index (χ0n) is 12.6. The monoisotopic (exact) mass is 372 g/mol. The number of nitrogens with zero attached hydrogens (tertiary/aromatic N) is 6. The first-order valence-corrected chi connectivity index (χ1v) is 8.46. The van der Waals surface area contributed by atoms with Gasteiger partial charge < -0.3 is 4.90 Å². The van der Waals surface area contributed by atoms with Gasteiger partial charge in [0.15, 0.2) is 0 Å². The molecule has 6 nitrogen and oxygen atoms in total. The summed E-state index contributed by atoms with van der Waals surface area (Å²) in [4.78, 5) is 13.5. The van der Waals surface area contributed by atoms with Crippen LogP contribution in [0.2, 0.25) is 0 Å². The van der Waals surface area contributed by atoms with Crippen molar-refractivity contribution < 1.29 is 0 Å². The van der Waals surface area contributed by atoms with E-state index >= 15 is 0 Å². The molecule has 0 atom stereocenters. The first kappa shape index (κ1) is 14.6. The van der Waals surface area contributed by atoms with Crippen molar-refractivity contribution in [1.82, 2.24) is 24.5 Å². The van der Waals surface area contributed by atoms with Crippen LogP contribution < -0.4 is 4.90 Å². The van der Waals surface area contributed by atoms with Gasteiger partial charge in [-0.25, -0.2) is 9.50 Å². The molecule has 0 bridgehead atoms. The molecule has 1 saturated heterocycles. The molecule has 2 aromatic heterocycles. The van der Waals surface area contributed by atoms with Crippen molar-refractivity contribution in [2.24, 2.45) is 0 Å². The Bertz CT molecular complexity index is 795. The molecule has 0 spiro atoms. The number of anilines is 1. The maximum absolute atomic E-state index is 4.53. The molecule has 3 aromatic rings. The second-order valence-corrected chi connectivity index (χ2v) is 6.59. The third-order valence-electron chi connectivity index (χ3n) is 4.06. The van der Waals surface area contributed by atoms with Gasteiger partial charge in [0, 0.05) is 45.1 Å². The molecule has 4 rings (SSSR count). The molecule has 0 radical (unpaired) electrons. The highest BCUT2D eigenvalue weighted by atomic mass is 79.9. The zero-order valence-corrected chi connectivity index (χ0v) is 14.2. The highest BCUT2D eigenvalue weighted by Gasteiger charge is 2.20. The fourth-order valence-corrected chi connectivity index (χ4v) is 3.13.